The normalized spacial score (nSPS) is 17.8. The number of aliphatic hydroxyl groups is 1. The van der Waals surface area contributed by atoms with Gasteiger partial charge in [0.2, 0.25) is 11.7 Å². The number of ether oxygens (including phenoxy) is 3. The molecule has 0 spiro atoms. The van der Waals surface area contributed by atoms with E-state index < -0.39 is 0 Å². The number of nitrogens with one attached hydrogen (secondary N) is 2. The molecule has 0 aliphatic carbocycles. The van der Waals surface area contributed by atoms with Crippen LogP contribution in [0.1, 0.15) is 18.5 Å². The molecule has 0 amide bonds. The maximum absolute atomic E-state index is 9.99. The van der Waals surface area contributed by atoms with Crippen LogP contribution in [0.3, 0.4) is 0 Å². The Hall–Kier alpha value is -4.07. The Labute approximate surface area is 238 Å². The lowest BCUT2D eigenvalue weighted by molar-refractivity contribution is 0.229. The highest BCUT2D eigenvalue weighted by Gasteiger charge is 2.28. The van der Waals surface area contributed by atoms with E-state index in [0.717, 1.165) is 69.0 Å². The van der Waals surface area contributed by atoms with Crippen LogP contribution in [-0.2, 0) is 6.54 Å². The predicted molar refractivity (Wildman–Crippen MR) is 155 cm³/mol. The number of benzene rings is 1. The molecule has 3 aromatic heterocycles. The molecule has 13 nitrogen and oxygen atoms in total. The Morgan fingerprint density at radius 1 is 1.05 bits per heavy atom. The predicted octanol–water partition coefficient (Wildman–Crippen LogP) is 2.05. The van der Waals surface area contributed by atoms with Gasteiger partial charge in [0.15, 0.2) is 17.3 Å². The van der Waals surface area contributed by atoms with Crippen molar-refractivity contribution in [1.82, 2.24) is 34.4 Å². The number of aromatic nitrogens is 5. The summed E-state index contributed by atoms with van der Waals surface area (Å²) in [7, 11) is 4.77. The Balaban J connectivity index is 1.35. The molecule has 3 N–H and O–H groups in total. The lowest BCUT2D eigenvalue weighted by Crippen LogP contribution is -2.43. The lowest BCUT2D eigenvalue weighted by atomic mass is 10.2. The van der Waals surface area contributed by atoms with Crippen molar-refractivity contribution in [2.24, 2.45) is 0 Å². The number of hydrogen-bond donors (Lipinski definition) is 3. The van der Waals surface area contributed by atoms with Crippen molar-refractivity contribution < 1.29 is 19.3 Å². The molecule has 1 unspecified atom stereocenters. The van der Waals surface area contributed by atoms with Crippen LogP contribution in [0.2, 0.25) is 0 Å². The molecule has 41 heavy (non-hydrogen) atoms. The van der Waals surface area contributed by atoms with Crippen molar-refractivity contribution in [1.29, 1.82) is 0 Å². The molecule has 0 radical (unpaired) electrons. The third-order valence-corrected chi connectivity index (χ3v) is 7.79. The van der Waals surface area contributed by atoms with Gasteiger partial charge in [-0.1, -0.05) is 0 Å². The quantitative estimate of drug-likeness (QED) is 0.262. The van der Waals surface area contributed by atoms with Crippen LogP contribution in [0.4, 0.5) is 17.6 Å². The van der Waals surface area contributed by atoms with E-state index in [1.54, 1.807) is 27.7 Å². The second-order valence-electron chi connectivity index (χ2n) is 10.3. The standard InChI is InChI=1S/C28H37N9O4/c1-39-23-13-21(14-24(40-2)26(23)41-3)35-16-25(30-18-35)31-27-22-7-6-19(15-34-11-8-29-9-12-34)37(22)33-28(32-27)36-10-4-5-20(36)17-38/h6-7,13-14,16,18,20,29,38H,4-5,8-12,15,17H2,1-3H3,(H,31,32,33). The van der Waals surface area contributed by atoms with Crippen LogP contribution in [0.25, 0.3) is 11.2 Å². The van der Waals surface area contributed by atoms with Crippen LogP contribution in [0, 0.1) is 0 Å². The fraction of sp³-hybridized carbons (Fsp3) is 0.464. The summed E-state index contributed by atoms with van der Waals surface area (Å²) in [4.78, 5) is 14.1. The zero-order valence-corrected chi connectivity index (χ0v) is 23.7. The van der Waals surface area contributed by atoms with E-state index in [1.807, 2.05) is 33.5 Å². The molecule has 0 saturated carbocycles. The van der Waals surface area contributed by atoms with E-state index in [0.29, 0.717) is 34.8 Å². The molecule has 2 saturated heterocycles. The summed E-state index contributed by atoms with van der Waals surface area (Å²) in [6.07, 6.45) is 5.52. The molecule has 4 aromatic rings. The molecule has 0 bridgehead atoms. The Kier molecular flexibility index (Phi) is 7.81. The fourth-order valence-electron chi connectivity index (χ4n) is 5.62. The second kappa shape index (κ2) is 11.8. The van der Waals surface area contributed by atoms with E-state index in [4.69, 9.17) is 24.3 Å². The van der Waals surface area contributed by atoms with Crippen LogP contribution >= 0.6 is 0 Å². The van der Waals surface area contributed by atoms with Gasteiger partial charge in [0, 0.05) is 51.4 Å². The van der Waals surface area contributed by atoms with E-state index in [-0.39, 0.29) is 12.6 Å². The van der Waals surface area contributed by atoms with Crippen molar-refractivity contribution >= 4 is 23.1 Å². The average molecular weight is 564 g/mol. The second-order valence-corrected chi connectivity index (χ2v) is 10.3. The first kappa shape index (κ1) is 27.1. The minimum atomic E-state index is 0.00622. The van der Waals surface area contributed by atoms with Crippen LogP contribution in [-0.4, -0.2) is 101 Å². The third-order valence-electron chi connectivity index (χ3n) is 7.79. The largest absolute Gasteiger partial charge is 0.493 e. The van der Waals surface area contributed by atoms with Crippen molar-refractivity contribution in [3.63, 3.8) is 0 Å². The van der Waals surface area contributed by atoms with Gasteiger partial charge < -0.3 is 39.4 Å². The Bertz CT molecular complexity index is 1470. The number of aliphatic hydroxyl groups excluding tert-OH is 1. The highest BCUT2D eigenvalue weighted by Crippen LogP contribution is 2.39. The SMILES string of the molecule is COc1cc(-n2cnc(Nc3nc(N4CCCC4CO)nn4c(CN5CCNCC5)ccc34)c2)cc(OC)c1OC. The van der Waals surface area contributed by atoms with E-state index >= 15 is 0 Å². The van der Waals surface area contributed by atoms with Gasteiger partial charge in [-0.05, 0) is 25.0 Å². The first-order valence-electron chi connectivity index (χ1n) is 13.9. The number of piperazine rings is 1. The van der Waals surface area contributed by atoms with Crippen molar-refractivity contribution in [2.75, 3.05) is 70.9 Å². The topological polar surface area (TPSA) is 126 Å². The number of nitrogens with zero attached hydrogens (tertiary/aromatic N) is 7. The summed E-state index contributed by atoms with van der Waals surface area (Å²) in [5.74, 6) is 3.51. The minimum absolute atomic E-state index is 0.00622. The number of anilines is 3. The molecule has 2 fully saturated rings. The van der Waals surface area contributed by atoms with Gasteiger partial charge in [-0.2, -0.15) is 4.98 Å². The number of fused-ring (bicyclic) bond motifs is 1. The molecule has 13 heteroatoms. The summed E-state index contributed by atoms with van der Waals surface area (Å²) in [6, 6.07) is 7.90. The Morgan fingerprint density at radius 3 is 2.54 bits per heavy atom. The molecule has 1 atom stereocenters. The molecule has 1 aromatic carbocycles. The number of hydrogen-bond acceptors (Lipinski definition) is 11. The highest BCUT2D eigenvalue weighted by atomic mass is 16.5. The summed E-state index contributed by atoms with van der Waals surface area (Å²) in [6.45, 7) is 5.63. The van der Waals surface area contributed by atoms with Gasteiger partial charge in [-0.25, -0.2) is 9.50 Å². The molecule has 2 aliphatic heterocycles. The van der Waals surface area contributed by atoms with Crippen molar-refractivity contribution in [2.45, 2.75) is 25.4 Å². The van der Waals surface area contributed by atoms with Crippen molar-refractivity contribution in [3.05, 3.63) is 42.5 Å². The number of methoxy groups -OCH3 is 3. The number of imidazole rings is 1. The van der Waals surface area contributed by atoms with E-state index in [1.165, 1.54) is 0 Å². The molecular weight excluding hydrogens is 526 g/mol. The maximum Gasteiger partial charge on any atom is 0.245 e. The third kappa shape index (κ3) is 5.35. The monoisotopic (exact) mass is 563 g/mol. The van der Waals surface area contributed by atoms with Gasteiger partial charge in [0.25, 0.3) is 0 Å². The number of rotatable bonds is 10. The van der Waals surface area contributed by atoms with Crippen LogP contribution < -0.4 is 29.7 Å². The van der Waals surface area contributed by atoms with Gasteiger partial charge in [-0.3, -0.25) is 4.90 Å². The summed E-state index contributed by atoms with van der Waals surface area (Å²) in [5, 5.41) is 21.8. The zero-order chi connectivity index (χ0) is 28.3. The van der Waals surface area contributed by atoms with Crippen LogP contribution in [0.5, 0.6) is 17.2 Å². The maximum atomic E-state index is 9.99. The Morgan fingerprint density at radius 2 is 1.83 bits per heavy atom. The lowest BCUT2D eigenvalue weighted by Gasteiger charge is -2.27. The first-order chi connectivity index (χ1) is 20.1. The van der Waals surface area contributed by atoms with Gasteiger partial charge in [-0.15, -0.1) is 5.10 Å². The van der Waals surface area contributed by atoms with E-state index in [2.05, 4.69) is 31.5 Å². The minimum Gasteiger partial charge on any atom is -0.493 e. The zero-order valence-electron chi connectivity index (χ0n) is 23.7. The van der Waals surface area contributed by atoms with Crippen molar-refractivity contribution in [3.8, 4) is 22.9 Å². The first-order valence-corrected chi connectivity index (χ1v) is 13.9. The smallest absolute Gasteiger partial charge is 0.245 e. The molecule has 6 rings (SSSR count). The molecule has 2 aliphatic rings. The van der Waals surface area contributed by atoms with Crippen LogP contribution in [0.15, 0.2) is 36.8 Å². The summed E-state index contributed by atoms with van der Waals surface area (Å²) < 4.78 is 20.4. The van der Waals surface area contributed by atoms with Gasteiger partial charge in [0.1, 0.15) is 17.7 Å². The summed E-state index contributed by atoms with van der Waals surface area (Å²) in [5.41, 5.74) is 2.76. The molecule has 5 heterocycles. The highest BCUT2D eigenvalue weighted by molar-refractivity contribution is 5.74. The summed E-state index contributed by atoms with van der Waals surface area (Å²) >= 11 is 0. The molecule has 218 valence electrons. The van der Waals surface area contributed by atoms with E-state index in [9.17, 15) is 5.11 Å². The van der Waals surface area contributed by atoms with Gasteiger partial charge >= 0.3 is 0 Å². The average Bonchev–Trinajstić information content (AvgIpc) is 3.77. The fourth-order valence-corrected chi connectivity index (χ4v) is 5.62. The van der Waals surface area contributed by atoms with Gasteiger partial charge in [0.05, 0.1) is 51.6 Å². The molecular formula is C28H37N9O4.